The molecule has 0 bridgehead atoms. The SMILES string of the molecule is C#CCNCC(=O)N1CCSC(C)(C)CC1. The van der Waals surface area contributed by atoms with Crippen molar-refractivity contribution in [2.45, 2.75) is 25.0 Å². The molecule has 1 aliphatic rings. The Kier molecular flexibility index (Phi) is 5.17. The Balaban J connectivity index is 2.37. The van der Waals surface area contributed by atoms with E-state index < -0.39 is 0 Å². The Morgan fingerprint density at radius 1 is 1.56 bits per heavy atom. The molecule has 0 aromatic heterocycles. The zero-order chi connectivity index (χ0) is 12.0. The van der Waals surface area contributed by atoms with Gasteiger partial charge in [-0.3, -0.25) is 10.1 Å². The molecule has 0 radical (unpaired) electrons. The molecular weight excluding hydrogens is 220 g/mol. The molecule has 0 unspecified atom stereocenters. The molecule has 4 heteroatoms. The standard InChI is InChI=1S/C12H20N2OS/c1-4-6-13-10-11(15)14-7-5-12(2,3)16-9-8-14/h1,13H,5-10H2,2-3H3. The number of terminal acetylenes is 1. The summed E-state index contributed by atoms with van der Waals surface area (Å²) < 4.78 is 0.293. The number of thioether (sulfide) groups is 1. The summed E-state index contributed by atoms with van der Waals surface area (Å²) >= 11 is 1.94. The molecular formula is C12H20N2OS. The smallest absolute Gasteiger partial charge is 0.236 e. The summed E-state index contributed by atoms with van der Waals surface area (Å²) in [6, 6.07) is 0. The first-order chi connectivity index (χ1) is 7.55. The van der Waals surface area contributed by atoms with Crippen molar-refractivity contribution in [3.05, 3.63) is 0 Å². The number of amides is 1. The molecule has 1 rings (SSSR count). The molecule has 0 saturated carbocycles. The highest BCUT2D eigenvalue weighted by molar-refractivity contribution is 8.00. The van der Waals surface area contributed by atoms with E-state index >= 15 is 0 Å². The van der Waals surface area contributed by atoms with Gasteiger partial charge >= 0.3 is 0 Å². The summed E-state index contributed by atoms with van der Waals surface area (Å²) in [7, 11) is 0. The molecule has 0 aromatic rings. The van der Waals surface area contributed by atoms with Crippen molar-refractivity contribution in [2.24, 2.45) is 0 Å². The zero-order valence-corrected chi connectivity index (χ0v) is 10.9. The fourth-order valence-corrected chi connectivity index (χ4v) is 2.72. The Morgan fingerprint density at radius 3 is 3.00 bits per heavy atom. The summed E-state index contributed by atoms with van der Waals surface area (Å²) in [5.74, 6) is 3.65. The minimum absolute atomic E-state index is 0.161. The van der Waals surface area contributed by atoms with Crippen molar-refractivity contribution in [3.8, 4) is 12.3 Å². The number of hydrogen-bond donors (Lipinski definition) is 1. The Hall–Kier alpha value is -0.660. The molecule has 0 aromatic carbocycles. The highest BCUT2D eigenvalue weighted by Gasteiger charge is 2.25. The molecule has 1 amide bonds. The summed E-state index contributed by atoms with van der Waals surface area (Å²) in [6.07, 6.45) is 6.17. The average Bonchev–Trinajstić information content (AvgIpc) is 2.39. The number of carbonyl (C=O) groups is 1. The van der Waals surface area contributed by atoms with Crippen LogP contribution in [0.3, 0.4) is 0 Å². The van der Waals surface area contributed by atoms with Crippen molar-refractivity contribution >= 4 is 17.7 Å². The van der Waals surface area contributed by atoms with E-state index in [4.69, 9.17) is 6.42 Å². The third-order valence-corrected chi connectivity index (χ3v) is 4.07. The second-order valence-corrected chi connectivity index (χ2v) is 6.35. The highest BCUT2D eigenvalue weighted by atomic mass is 32.2. The van der Waals surface area contributed by atoms with Crippen LogP contribution in [0.1, 0.15) is 20.3 Å². The van der Waals surface area contributed by atoms with Gasteiger partial charge in [-0.2, -0.15) is 11.8 Å². The van der Waals surface area contributed by atoms with Crippen LogP contribution in [0.4, 0.5) is 0 Å². The highest BCUT2D eigenvalue weighted by Crippen LogP contribution is 2.30. The van der Waals surface area contributed by atoms with Crippen LogP contribution < -0.4 is 5.32 Å². The minimum Gasteiger partial charge on any atom is -0.341 e. The molecule has 1 aliphatic heterocycles. The van der Waals surface area contributed by atoms with E-state index in [0.717, 1.165) is 25.3 Å². The van der Waals surface area contributed by atoms with E-state index in [1.807, 2.05) is 16.7 Å². The van der Waals surface area contributed by atoms with E-state index in [1.54, 1.807) is 0 Å². The second kappa shape index (κ2) is 6.17. The van der Waals surface area contributed by atoms with E-state index in [-0.39, 0.29) is 5.91 Å². The zero-order valence-electron chi connectivity index (χ0n) is 10.1. The number of hydrogen-bond acceptors (Lipinski definition) is 3. The Bertz CT molecular complexity index is 283. The minimum atomic E-state index is 0.161. The van der Waals surface area contributed by atoms with Gasteiger partial charge in [0.25, 0.3) is 0 Å². The molecule has 1 fully saturated rings. The first-order valence-electron chi connectivity index (χ1n) is 5.61. The van der Waals surface area contributed by atoms with Crippen molar-refractivity contribution in [1.29, 1.82) is 0 Å². The van der Waals surface area contributed by atoms with E-state index in [2.05, 4.69) is 25.1 Å². The van der Waals surface area contributed by atoms with Gasteiger partial charge in [-0.05, 0) is 6.42 Å². The molecule has 0 atom stereocenters. The van der Waals surface area contributed by atoms with Crippen molar-refractivity contribution < 1.29 is 4.79 Å². The third-order valence-electron chi connectivity index (χ3n) is 2.69. The van der Waals surface area contributed by atoms with Gasteiger partial charge in [0.2, 0.25) is 5.91 Å². The Morgan fingerprint density at radius 2 is 2.31 bits per heavy atom. The normalized spacial score (nSPS) is 19.9. The summed E-state index contributed by atoms with van der Waals surface area (Å²) in [5, 5.41) is 2.94. The van der Waals surface area contributed by atoms with E-state index in [1.165, 1.54) is 0 Å². The van der Waals surface area contributed by atoms with Gasteiger partial charge in [0.05, 0.1) is 13.1 Å². The number of rotatable bonds is 3. The molecule has 3 nitrogen and oxygen atoms in total. The first kappa shape index (κ1) is 13.4. The lowest BCUT2D eigenvalue weighted by molar-refractivity contribution is -0.130. The number of nitrogens with zero attached hydrogens (tertiary/aromatic N) is 1. The fraction of sp³-hybridized carbons (Fsp3) is 0.750. The van der Waals surface area contributed by atoms with Crippen molar-refractivity contribution in [3.63, 3.8) is 0 Å². The molecule has 1 saturated heterocycles. The number of nitrogens with one attached hydrogen (secondary N) is 1. The van der Waals surface area contributed by atoms with E-state index in [9.17, 15) is 4.79 Å². The molecule has 90 valence electrons. The summed E-state index contributed by atoms with van der Waals surface area (Å²) in [4.78, 5) is 13.8. The second-order valence-electron chi connectivity index (χ2n) is 4.55. The summed E-state index contributed by atoms with van der Waals surface area (Å²) in [6.45, 7) is 7.00. The van der Waals surface area contributed by atoms with Crippen LogP contribution in [-0.4, -0.2) is 47.5 Å². The van der Waals surface area contributed by atoms with Gasteiger partial charge in [0.1, 0.15) is 0 Å². The van der Waals surface area contributed by atoms with Gasteiger partial charge in [-0.25, -0.2) is 0 Å². The molecule has 16 heavy (non-hydrogen) atoms. The first-order valence-corrected chi connectivity index (χ1v) is 6.60. The van der Waals surface area contributed by atoms with Crippen LogP contribution in [0.2, 0.25) is 0 Å². The van der Waals surface area contributed by atoms with Crippen LogP contribution in [-0.2, 0) is 4.79 Å². The quantitative estimate of drug-likeness (QED) is 0.589. The maximum atomic E-state index is 11.8. The maximum Gasteiger partial charge on any atom is 0.236 e. The van der Waals surface area contributed by atoms with E-state index in [0.29, 0.717) is 17.8 Å². The van der Waals surface area contributed by atoms with Crippen molar-refractivity contribution in [1.82, 2.24) is 10.2 Å². The molecule has 1 N–H and O–H groups in total. The van der Waals surface area contributed by atoms with Crippen LogP contribution in [0.25, 0.3) is 0 Å². The lowest BCUT2D eigenvalue weighted by Gasteiger charge is -2.22. The van der Waals surface area contributed by atoms with Gasteiger partial charge in [-0.1, -0.05) is 19.8 Å². The van der Waals surface area contributed by atoms with Crippen LogP contribution in [0.5, 0.6) is 0 Å². The molecule has 1 heterocycles. The van der Waals surface area contributed by atoms with Gasteiger partial charge in [-0.15, -0.1) is 6.42 Å². The number of carbonyl (C=O) groups excluding carboxylic acids is 1. The Labute approximate surface area is 102 Å². The summed E-state index contributed by atoms with van der Waals surface area (Å²) in [5.41, 5.74) is 0. The monoisotopic (exact) mass is 240 g/mol. The van der Waals surface area contributed by atoms with Gasteiger partial charge in [0, 0.05) is 23.6 Å². The van der Waals surface area contributed by atoms with Gasteiger partial charge in [0.15, 0.2) is 0 Å². The van der Waals surface area contributed by atoms with Crippen molar-refractivity contribution in [2.75, 3.05) is 31.9 Å². The maximum absolute atomic E-state index is 11.8. The van der Waals surface area contributed by atoms with Crippen LogP contribution in [0.15, 0.2) is 0 Å². The van der Waals surface area contributed by atoms with Gasteiger partial charge < -0.3 is 4.90 Å². The largest absolute Gasteiger partial charge is 0.341 e. The third kappa shape index (κ3) is 4.46. The average molecular weight is 240 g/mol. The fourth-order valence-electron chi connectivity index (χ4n) is 1.62. The predicted octanol–water partition coefficient (Wildman–Crippen LogP) is 0.953. The molecule has 0 spiro atoms. The lowest BCUT2D eigenvalue weighted by atomic mass is 10.1. The van der Waals surface area contributed by atoms with Crippen LogP contribution in [0, 0.1) is 12.3 Å². The molecule has 0 aliphatic carbocycles. The van der Waals surface area contributed by atoms with Crippen LogP contribution >= 0.6 is 11.8 Å². The lowest BCUT2D eigenvalue weighted by Crippen LogP contribution is -2.39. The predicted molar refractivity (Wildman–Crippen MR) is 69.4 cm³/mol. The topological polar surface area (TPSA) is 32.3 Å².